The van der Waals surface area contributed by atoms with Crippen molar-refractivity contribution in [2.75, 3.05) is 12.3 Å². The molecule has 0 unspecified atom stereocenters. The van der Waals surface area contributed by atoms with Crippen LogP contribution in [0.25, 0.3) is 22.4 Å². The minimum atomic E-state index is -3.38. The normalized spacial score (nSPS) is 11.5. The molecule has 0 atom stereocenters. The molecule has 8 heteroatoms. The maximum Gasteiger partial charge on any atom is 0.259 e. The number of nitrogens with one attached hydrogen (secondary N) is 1. The number of hydrogen-bond acceptors (Lipinski definition) is 6. The van der Waals surface area contributed by atoms with E-state index in [0.717, 1.165) is 5.56 Å². The summed E-state index contributed by atoms with van der Waals surface area (Å²) in [5.41, 5.74) is 2.70. The van der Waals surface area contributed by atoms with Crippen molar-refractivity contribution in [2.24, 2.45) is 0 Å². The van der Waals surface area contributed by atoms with Crippen molar-refractivity contribution in [3.05, 3.63) is 78.0 Å². The predicted molar refractivity (Wildman–Crippen MR) is 117 cm³/mol. The third-order valence-corrected chi connectivity index (χ3v) is 6.73. The van der Waals surface area contributed by atoms with Crippen LogP contribution >= 0.6 is 0 Å². The molecule has 0 spiro atoms. The zero-order valence-electron chi connectivity index (χ0n) is 16.9. The van der Waals surface area contributed by atoms with Gasteiger partial charge in [-0.1, -0.05) is 53.7 Å². The van der Waals surface area contributed by atoms with Crippen molar-refractivity contribution in [2.45, 2.75) is 18.2 Å². The van der Waals surface area contributed by atoms with Gasteiger partial charge in [-0.05, 0) is 31.5 Å². The van der Waals surface area contributed by atoms with Crippen molar-refractivity contribution < 1.29 is 17.7 Å². The molecule has 1 N–H and O–H groups in total. The summed E-state index contributed by atoms with van der Waals surface area (Å²) in [5.74, 6) is -0.377. The zero-order valence-corrected chi connectivity index (χ0v) is 17.7. The lowest BCUT2D eigenvalue weighted by Gasteiger charge is -2.09. The number of carbonyl (C=O) groups is 1. The third kappa shape index (κ3) is 4.49. The Morgan fingerprint density at radius 3 is 2.42 bits per heavy atom. The van der Waals surface area contributed by atoms with E-state index in [1.807, 2.05) is 30.3 Å². The first-order chi connectivity index (χ1) is 15.0. The number of amides is 1. The molecule has 0 aliphatic rings. The number of fused-ring (bicyclic) bond motifs is 1. The average Bonchev–Trinajstić information content (AvgIpc) is 3.18. The second-order valence-corrected chi connectivity index (χ2v) is 9.22. The maximum absolute atomic E-state index is 12.9. The number of pyridine rings is 1. The van der Waals surface area contributed by atoms with Gasteiger partial charge in [-0.15, -0.1) is 0 Å². The van der Waals surface area contributed by atoms with Crippen molar-refractivity contribution in [3.8, 4) is 11.3 Å². The number of aromatic nitrogens is 2. The monoisotopic (exact) mass is 435 g/mol. The quantitative estimate of drug-likeness (QED) is 0.443. The number of aryl methyl sites for hydroxylation is 1. The Bertz CT molecular complexity index is 1320. The van der Waals surface area contributed by atoms with Gasteiger partial charge >= 0.3 is 0 Å². The van der Waals surface area contributed by atoms with Gasteiger partial charge in [0.2, 0.25) is 0 Å². The number of nitrogens with zero attached hydrogens (tertiary/aromatic N) is 2. The van der Waals surface area contributed by atoms with Crippen LogP contribution in [0.5, 0.6) is 0 Å². The van der Waals surface area contributed by atoms with Crippen molar-refractivity contribution in [3.63, 3.8) is 0 Å². The van der Waals surface area contributed by atoms with Crippen LogP contribution in [0, 0.1) is 6.92 Å². The summed E-state index contributed by atoms with van der Waals surface area (Å²) in [6.45, 7) is 1.97. The van der Waals surface area contributed by atoms with Crippen LogP contribution in [0.4, 0.5) is 0 Å². The number of sulfone groups is 1. The predicted octanol–water partition coefficient (Wildman–Crippen LogP) is 3.79. The van der Waals surface area contributed by atoms with Gasteiger partial charge in [-0.25, -0.2) is 13.4 Å². The van der Waals surface area contributed by atoms with Crippen LogP contribution in [-0.4, -0.2) is 36.8 Å². The molecule has 31 heavy (non-hydrogen) atoms. The second kappa shape index (κ2) is 8.69. The van der Waals surface area contributed by atoms with E-state index in [9.17, 15) is 13.2 Å². The van der Waals surface area contributed by atoms with Gasteiger partial charge in [0, 0.05) is 12.1 Å². The summed E-state index contributed by atoms with van der Waals surface area (Å²) >= 11 is 0. The van der Waals surface area contributed by atoms with Gasteiger partial charge in [-0.3, -0.25) is 4.79 Å². The van der Waals surface area contributed by atoms with E-state index < -0.39 is 9.84 Å². The molecule has 0 saturated heterocycles. The minimum Gasteiger partial charge on any atom is -0.352 e. The lowest BCUT2D eigenvalue weighted by molar-refractivity contribution is 0.0955. The Labute approximate surface area is 180 Å². The summed E-state index contributed by atoms with van der Waals surface area (Å²) < 4.78 is 30.1. The van der Waals surface area contributed by atoms with E-state index in [1.165, 1.54) is 0 Å². The summed E-state index contributed by atoms with van der Waals surface area (Å²) in [7, 11) is -3.38. The molecule has 0 bridgehead atoms. The molecule has 7 nitrogen and oxygen atoms in total. The van der Waals surface area contributed by atoms with Crippen molar-refractivity contribution in [1.29, 1.82) is 0 Å². The van der Waals surface area contributed by atoms with Gasteiger partial charge < -0.3 is 9.84 Å². The number of carbonyl (C=O) groups excluding carboxylic acids is 1. The molecule has 0 fully saturated rings. The summed E-state index contributed by atoms with van der Waals surface area (Å²) in [6, 6.07) is 19.5. The first-order valence-corrected chi connectivity index (χ1v) is 11.5. The van der Waals surface area contributed by atoms with Gasteiger partial charge in [0.25, 0.3) is 11.6 Å². The molecule has 4 aromatic rings. The Kier molecular flexibility index (Phi) is 5.81. The Balaban J connectivity index is 1.50. The summed E-state index contributed by atoms with van der Waals surface area (Å²) in [5, 5.41) is 7.30. The summed E-state index contributed by atoms with van der Waals surface area (Å²) in [6.07, 6.45) is 0.297. The first-order valence-electron chi connectivity index (χ1n) is 9.84. The highest BCUT2D eigenvalue weighted by Crippen LogP contribution is 2.27. The van der Waals surface area contributed by atoms with Crippen molar-refractivity contribution >= 4 is 26.8 Å². The molecule has 2 aromatic heterocycles. The minimum absolute atomic E-state index is 0.0510. The highest BCUT2D eigenvalue weighted by atomic mass is 32.2. The molecule has 158 valence electrons. The van der Waals surface area contributed by atoms with Gasteiger partial charge in [-0.2, -0.15) is 0 Å². The smallest absolute Gasteiger partial charge is 0.259 e. The lowest BCUT2D eigenvalue weighted by Crippen LogP contribution is -2.26. The van der Waals surface area contributed by atoms with Gasteiger partial charge in [0.05, 0.1) is 33.0 Å². The van der Waals surface area contributed by atoms with E-state index in [0.29, 0.717) is 28.8 Å². The standard InChI is InChI=1S/C23H21N3O4S/c1-16-21-19(15-20(25-23(21)30-26-16)17-9-4-2-5-10-17)22(27)24-13-8-14-31(28,29)18-11-6-3-7-12-18/h2-7,9-12,15H,8,13-14H2,1H3,(H,24,27). The highest BCUT2D eigenvalue weighted by Gasteiger charge is 2.20. The van der Waals surface area contributed by atoms with E-state index in [-0.39, 0.29) is 28.8 Å². The lowest BCUT2D eigenvalue weighted by atomic mass is 10.1. The Hall–Kier alpha value is -3.52. The molecular weight excluding hydrogens is 414 g/mol. The third-order valence-electron chi connectivity index (χ3n) is 4.91. The number of hydrogen-bond donors (Lipinski definition) is 1. The van der Waals surface area contributed by atoms with Crippen LogP contribution in [0.2, 0.25) is 0 Å². The van der Waals surface area contributed by atoms with Crippen LogP contribution in [0.3, 0.4) is 0 Å². The van der Waals surface area contributed by atoms with E-state index in [2.05, 4.69) is 15.5 Å². The van der Waals surface area contributed by atoms with Crippen molar-refractivity contribution in [1.82, 2.24) is 15.5 Å². The SMILES string of the molecule is Cc1noc2nc(-c3ccccc3)cc(C(=O)NCCCS(=O)(=O)c3ccccc3)c12. The van der Waals surface area contributed by atoms with Crippen LogP contribution in [0.1, 0.15) is 22.5 Å². The number of rotatable bonds is 7. The molecule has 4 rings (SSSR count). The molecule has 2 aromatic carbocycles. The van der Waals surface area contributed by atoms with Gasteiger partial charge in [0.1, 0.15) is 0 Å². The fourth-order valence-corrected chi connectivity index (χ4v) is 4.67. The largest absolute Gasteiger partial charge is 0.352 e. The van der Waals surface area contributed by atoms with E-state index >= 15 is 0 Å². The topological polar surface area (TPSA) is 102 Å². The summed E-state index contributed by atoms with van der Waals surface area (Å²) in [4.78, 5) is 17.7. The fraction of sp³-hybridized carbons (Fsp3) is 0.174. The highest BCUT2D eigenvalue weighted by molar-refractivity contribution is 7.91. The molecule has 2 heterocycles. The van der Waals surface area contributed by atoms with E-state index in [4.69, 9.17) is 4.52 Å². The van der Waals surface area contributed by atoms with E-state index in [1.54, 1.807) is 43.3 Å². The van der Waals surface area contributed by atoms with Crippen LogP contribution < -0.4 is 5.32 Å². The molecule has 1 amide bonds. The fourth-order valence-electron chi connectivity index (χ4n) is 3.34. The zero-order chi connectivity index (χ0) is 21.8. The Morgan fingerprint density at radius 2 is 1.71 bits per heavy atom. The molecule has 0 radical (unpaired) electrons. The van der Waals surface area contributed by atoms with Crippen LogP contribution in [0.15, 0.2) is 76.1 Å². The Morgan fingerprint density at radius 1 is 1.03 bits per heavy atom. The number of benzene rings is 2. The van der Waals surface area contributed by atoms with Gasteiger partial charge in [0.15, 0.2) is 9.84 Å². The van der Waals surface area contributed by atoms with Crippen LogP contribution in [-0.2, 0) is 9.84 Å². The molecule has 0 aliphatic carbocycles. The molecular formula is C23H21N3O4S. The average molecular weight is 436 g/mol. The first kappa shape index (κ1) is 20.7. The maximum atomic E-state index is 12.9. The molecule has 0 aliphatic heterocycles. The molecule has 0 saturated carbocycles. The second-order valence-electron chi connectivity index (χ2n) is 7.11.